The summed E-state index contributed by atoms with van der Waals surface area (Å²) in [6.45, 7) is 1.88. The average Bonchev–Trinajstić information content (AvgIpc) is 2.62. The van der Waals surface area contributed by atoms with Crippen molar-refractivity contribution in [3.8, 4) is 16.9 Å². The summed E-state index contributed by atoms with van der Waals surface area (Å²) in [6, 6.07) is 10.3. The molecule has 0 bridgehead atoms. The van der Waals surface area contributed by atoms with Crippen LogP contribution in [0.5, 0.6) is 5.75 Å². The van der Waals surface area contributed by atoms with Crippen molar-refractivity contribution in [3.63, 3.8) is 0 Å². The zero-order valence-electron chi connectivity index (χ0n) is 15.7. The Labute approximate surface area is 167 Å². The van der Waals surface area contributed by atoms with Crippen molar-refractivity contribution < 1.29 is 31.4 Å². The van der Waals surface area contributed by atoms with Crippen LogP contribution in [0.25, 0.3) is 11.1 Å². The first-order valence-electron chi connectivity index (χ1n) is 9.21. The molecule has 0 radical (unpaired) electrons. The third kappa shape index (κ3) is 5.71. The van der Waals surface area contributed by atoms with Crippen molar-refractivity contribution >= 4 is 10.0 Å². The van der Waals surface area contributed by atoms with Gasteiger partial charge in [-0.25, -0.2) is 13.1 Å². The monoisotopic (exact) mass is 429 g/mol. The molecular weight excluding hydrogens is 407 g/mol. The quantitative estimate of drug-likeness (QED) is 0.749. The van der Waals surface area contributed by atoms with E-state index in [4.69, 9.17) is 0 Å². The van der Waals surface area contributed by atoms with Crippen LogP contribution in [0, 0.1) is 6.92 Å². The normalized spacial score (nSPS) is 20.4. The molecule has 0 aromatic heterocycles. The molecule has 3 rings (SSSR count). The standard InChI is InChI=1S/C20H22F3NO4S/c1-13-2-4-14(5-3-13)15-6-11-19(18(12-15)28-20(21,22)23)29(26,27)24-16-7-9-17(25)10-8-16/h2-6,11-12,16-17,24-25H,7-10H2,1H3/t16-,17-. The number of aryl methyl sites for hydroxylation is 1. The van der Waals surface area contributed by atoms with Crippen LogP contribution in [0.4, 0.5) is 13.2 Å². The van der Waals surface area contributed by atoms with E-state index in [1.54, 1.807) is 12.1 Å². The number of aliphatic hydroxyl groups excluding tert-OH is 1. The van der Waals surface area contributed by atoms with Crippen LogP contribution in [0.2, 0.25) is 0 Å². The highest BCUT2D eigenvalue weighted by atomic mass is 32.2. The fourth-order valence-electron chi connectivity index (χ4n) is 3.34. The predicted molar refractivity (Wildman–Crippen MR) is 102 cm³/mol. The highest BCUT2D eigenvalue weighted by Crippen LogP contribution is 2.34. The lowest BCUT2D eigenvalue weighted by atomic mass is 9.94. The Hall–Kier alpha value is -2.10. The molecule has 1 fully saturated rings. The largest absolute Gasteiger partial charge is 0.573 e. The second-order valence-corrected chi connectivity index (χ2v) is 8.88. The predicted octanol–water partition coefficient (Wildman–Crippen LogP) is 4.14. The molecule has 29 heavy (non-hydrogen) atoms. The van der Waals surface area contributed by atoms with Gasteiger partial charge < -0.3 is 9.84 Å². The van der Waals surface area contributed by atoms with Crippen LogP contribution >= 0.6 is 0 Å². The number of hydrogen-bond acceptors (Lipinski definition) is 4. The van der Waals surface area contributed by atoms with E-state index < -0.39 is 39.2 Å². The van der Waals surface area contributed by atoms with Gasteiger partial charge in [0.1, 0.15) is 10.6 Å². The lowest BCUT2D eigenvalue weighted by molar-refractivity contribution is -0.275. The van der Waals surface area contributed by atoms with Gasteiger partial charge in [-0.1, -0.05) is 35.9 Å². The Kier molecular flexibility index (Phi) is 6.21. The molecule has 0 amide bonds. The number of nitrogens with one attached hydrogen (secondary N) is 1. The molecule has 9 heteroatoms. The van der Waals surface area contributed by atoms with E-state index >= 15 is 0 Å². The molecule has 0 heterocycles. The van der Waals surface area contributed by atoms with E-state index in [0.717, 1.165) is 17.7 Å². The van der Waals surface area contributed by atoms with Crippen LogP contribution in [0.15, 0.2) is 47.4 Å². The molecule has 0 spiro atoms. The first-order chi connectivity index (χ1) is 13.5. The van der Waals surface area contributed by atoms with Crippen molar-refractivity contribution in [1.82, 2.24) is 4.72 Å². The van der Waals surface area contributed by atoms with Crippen LogP contribution in [-0.2, 0) is 10.0 Å². The van der Waals surface area contributed by atoms with Crippen LogP contribution in [0.3, 0.4) is 0 Å². The van der Waals surface area contributed by atoms with Gasteiger partial charge in [0.05, 0.1) is 6.10 Å². The maximum atomic E-state index is 12.9. The minimum absolute atomic E-state index is 0.406. The molecule has 0 atom stereocenters. The highest BCUT2D eigenvalue weighted by Gasteiger charge is 2.35. The summed E-state index contributed by atoms with van der Waals surface area (Å²) in [5.74, 6) is -0.779. The number of alkyl halides is 3. The maximum Gasteiger partial charge on any atom is 0.573 e. The lowest BCUT2D eigenvalue weighted by Gasteiger charge is -2.26. The molecule has 5 nitrogen and oxygen atoms in total. The number of sulfonamides is 1. The highest BCUT2D eigenvalue weighted by molar-refractivity contribution is 7.89. The number of hydrogen-bond donors (Lipinski definition) is 2. The first-order valence-corrected chi connectivity index (χ1v) is 10.7. The van der Waals surface area contributed by atoms with Crippen molar-refractivity contribution in [2.75, 3.05) is 0 Å². The molecule has 1 aliphatic rings. The van der Waals surface area contributed by atoms with E-state index in [0.29, 0.717) is 36.8 Å². The fraction of sp³-hybridized carbons (Fsp3) is 0.400. The Morgan fingerprint density at radius 3 is 2.17 bits per heavy atom. The molecule has 0 unspecified atom stereocenters. The van der Waals surface area contributed by atoms with Crippen LogP contribution < -0.4 is 9.46 Å². The minimum atomic E-state index is -5.04. The Morgan fingerprint density at radius 1 is 1.00 bits per heavy atom. The van der Waals surface area contributed by atoms with E-state index in [9.17, 15) is 26.7 Å². The summed E-state index contributed by atoms with van der Waals surface area (Å²) in [5.41, 5.74) is 2.03. The van der Waals surface area contributed by atoms with E-state index in [1.807, 2.05) is 19.1 Å². The molecule has 1 saturated carbocycles. The van der Waals surface area contributed by atoms with Crippen molar-refractivity contribution in [1.29, 1.82) is 0 Å². The summed E-state index contributed by atoms with van der Waals surface area (Å²) in [6.07, 6.45) is -3.81. The minimum Gasteiger partial charge on any atom is -0.404 e. The molecular formula is C20H22F3NO4S. The van der Waals surface area contributed by atoms with E-state index in [-0.39, 0.29) is 0 Å². The van der Waals surface area contributed by atoms with Gasteiger partial charge in [-0.3, -0.25) is 0 Å². The fourth-order valence-corrected chi connectivity index (χ4v) is 4.75. The maximum absolute atomic E-state index is 12.9. The summed E-state index contributed by atoms with van der Waals surface area (Å²) < 4.78 is 70.8. The van der Waals surface area contributed by atoms with Crippen molar-refractivity contribution in [3.05, 3.63) is 48.0 Å². The number of ether oxygens (including phenoxy) is 1. The molecule has 2 N–H and O–H groups in total. The van der Waals surface area contributed by atoms with Gasteiger partial charge in [0.2, 0.25) is 10.0 Å². The number of benzene rings is 2. The van der Waals surface area contributed by atoms with E-state index in [1.165, 1.54) is 6.07 Å². The molecule has 0 saturated heterocycles. The number of rotatable bonds is 5. The van der Waals surface area contributed by atoms with E-state index in [2.05, 4.69) is 9.46 Å². The van der Waals surface area contributed by atoms with Crippen molar-refractivity contribution in [2.45, 2.75) is 56.0 Å². The molecule has 2 aromatic carbocycles. The zero-order valence-corrected chi connectivity index (χ0v) is 16.6. The van der Waals surface area contributed by atoms with Crippen LogP contribution in [-0.4, -0.2) is 32.0 Å². The van der Waals surface area contributed by atoms with Gasteiger partial charge in [0, 0.05) is 6.04 Å². The van der Waals surface area contributed by atoms with Crippen molar-refractivity contribution in [2.24, 2.45) is 0 Å². The van der Waals surface area contributed by atoms with Gasteiger partial charge >= 0.3 is 6.36 Å². The summed E-state index contributed by atoms with van der Waals surface area (Å²) in [5, 5.41) is 9.55. The van der Waals surface area contributed by atoms with Gasteiger partial charge in [-0.2, -0.15) is 0 Å². The third-order valence-electron chi connectivity index (χ3n) is 4.86. The molecule has 1 aliphatic carbocycles. The number of aliphatic hydroxyl groups is 1. The Bertz CT molecular complexity index is 951. The summed E-state index contributed by atoms with van der Waals surface area (Å²) >= 11 is 0. The SMILES string of the molecule is Cc1ccc(-c2ccc(S(=O)(=O)N[C@H]3CC[C@H](O)CC3)c(OC(F)(F)F)c2)cc1. The number of halogens is 3. The first kappa shape index (κ1) is 21.6. The van der Waals surface area contributed by atoms with Gasteiger partial charge in [0.15, 0.2) is 0 Å². The zero-order chi connectivity index (χ0) is 21.2. The molecule has 0 aliphatic heterocycles. The lowest BCUT2D eigenvalue weighted by Crippen LogP contribution is -2.38. The van der Waals surface area contributed by atoms with Crippen LogP contribution in [0.1, 0.15) is 31.2 Å². The molecule has 158 valence electrons. The average molecular weight is 429 g/mol. The smallest absolute Gasteiger partial charge is 0.404 e. The second-order valence-electron chi connectivity index (χ2n) is 7.20. The summed E-state index contributed by atoms with van der Waals surface area (Å²) in [7, 11) is -4.24. The third-order valence-corrected chi connectivity index (χ3v) is 6.42. The Balaban J connectivity index is 1.94. The van der Waals surface area contributed by atoms with Gasteiger partial charge in [-0.15, -0.1) is 13.2 Å². The van der Waals surface area contributed by atoms with Gasteiger partial charge in [0.25, 0.3) is 0 Å². The second kappa shape index (κ2) is 8.33. The topological polar surface area (TPSA) is 75.6 Å². The van der Waals surface area contributed by atoms with Gasteiger partial charge in [-0.05, 0) is 55.9 Å². The summed E-state index contributed by atoms with van der Waals surface area (Å²) in [4.78, 5) is -0.572. The Morgan fingerprint density at radius 2 is 1.59 bits per heavy atom. The molecule has 2 aromatic rings.